The van der Waals surface area contributed by atoms with Gasteiger partial charge in [0, 0.05) is 30.5 Å². The van der Waals surface area contributed by atoms with Gasteiger partial charge in [-0.1, -0.05) is 12.1 Å². The largest absolute Gasteiger partial charge is 0.493 e. The molecule has 1 N–H and O–H groups in total. The number of carbonyl (C=O) groups is 2. The summed E-state index contributed by atoms with van der Waals surface area (Å²) in [6, 6.07) is 10.8. The third-order valence-corrected chi connectivity index (χ3v) is 5.79. The number of methoxy groups -OCH3 is 2. The van der Waals surface area contributed by atoms with Crippen LogP contribution < -0.4 is 14.8 Å². The Morgan fingerprint density at radius 3 is 2.23 bits per heavy atom. The first kappa shape index (κ1) is 22.0. The van der Waals surface area contributed by atoms with Crippen molar-refractivity contribution in [2.24, 2.45) is 0 Å². The molecule has 3 rings (SSSR count). The minimum absolute atomic E-state index is 0.110. The Hall–Kier alpha value is -2.67. The van der Waals surface area contributed by atoms with E-state index in [4.69, 9.17) is 9.47 Å². The highest BCUT2D eigenvalue weighted by Gasteiger charge is 2.24. The number of anilines is 1. The van der Waals surface area contributed by atoms with Crippen molar-refractivity contribution in [3.8, 4) is 11.5 Å². The fourth-order valence-electron chi connectivity index (χ4n) is 3.54. The van der Waals surface area contributed by atoms with Crippen LogP contribution in [0.3, 0.4) is 0 Å². The molecule has 2 aromatic rings. The molecule has 0 saturated carbocycles. The molecule has 2 amide bonds. The van der Waals surface area contributed by atoms with Crippen LogP contribution in [0.15, 0.2) is 36.4 Å². The van der Waals surface area contributed by atoms with Crippen LogP contribution in [-0.2, 0) is 5.75 Å². The summed E-state index contributed by atoms with van der Waals surface area (Å²) in [7, 11) is 3.06. The number of rotatable bonds is 7. The van der Waals surface area contributed by atoms with Gasteiger partial charge in [0.1, 0.15) is 0 Å². The number of amides is 2. The summed E-state index contributed by atoms with van der Waals surface area (Å²) in [4.78, 5) is 27.9. The molecule has 0 bridgehead atoms. The minimum Gasteiger partial charge on any atom is -0.493 e. The summed E-state index contributed by atoms with van der Waals surface area (Å²) in [5, 5.41) is 2.90. The lowest BCUT2D eigenvalue weighted by atomic mass is 10.1. The van der Waals surface area contributed by atoms with Crippen molar-refractivity contribution in [1.29, 1.82) is 0 Å². The van der Waals surface area contributed by atoms with Crippen molar-refractivity contribution in [2.45, 2.75) is 25.0 Å². The lowest BCUT2D eigenvalue weighted by molar-refractivity contribution is 0.0725. The van der Waals surface area contributed by atoms with Gasteiger partial charge in [-0.2, -0.15) is 11.8 Å². The van der Waals surface area contributed by atoms with E-state index in [1.165, 1.54) is 14.2 Å². The van der Waals surface area contributed by atoms with E-state index >= 15 is 0 Å². The number of thioether (sulfide) groups is 1. The first-order chi connectivity index (χ1) is 14.6. The van der Waals surface area contributed by atoms with Crippen LogP contribution in [0.25, 0.3) is 0 Å². The lowest BCUT2D eigenvalue weighted by Gasteiger charge is -2.28. The Morgan fingerprint density at radius 2 is 1.63 bits per heavy atom. The van der Waals surface area contributed by atoms with E-state index in [-0.39, 0.29) is 11.8 Å². The Kier molecular flexibility index (Phi) is 7.63. The monoisotopic (exact) mass is 428 g/mol. The molecule has 0 aliphatic carbocycles. The van der Waals surface area contributed by atoms with Crippen LogP contribution in [0.5, 0.6) is 11.5 Å². The maximum absolute atomic E-state index is 13.2. The number of nitrogens with zero attached hydrogens (tertiary/aromatic N) is 1. The second-order valence-corrected chi connectivity index (χ2v) is 8.06. The van der Waals surface area contributed by atoms with Crippen LogP contribution in [0.2, 0.25) is 0 Å². The zero-order chi connectivity index (χ0) is 21.5. The Labute approximate surface area is 181 Å². The van der Waals surface area contributed by atoms with E-state index < -0.39 is 0 Å². The van der Waals surface area contributed by atoms with Gasteiger partial charge in [0.25, 0.3) is 11.8 Å². The standard InChI is InChI=1S/C23H28N2O4S/c1-28-20-13-18(23(27)25-11-5-4-6-12-25)19(14-21(20)29-2)24-22(26)17-9-7-16(8-10-17)15-30-3/h7-10,13-14H,4-6,11-12,15H2,1-3H3,(H,24,26). The molecule has 160 valence electrons. The van der Waals surface area contributed by atoms with Gasteiger partial charge in [-0.25, -0.2) is 0 Å². The predicted octanol–water partition coefficient (Wildman–Crippen LogP) is 4.45. The van der Waals surface area contributed by atoms with Crippen molar-refractivity contribution in [3.05, 3.63) is 53.1 Å². The number of benzene rings is 2. The van der Waals surface area contributed by atoms with Crippen molar-refractivity contribution in [3.63, 3.8) is 0 Å². The molecule has 0 radical (unpaired) electrons. The van der Waals surface area contributed by atoms with E-state index in [0.29, 0.717) is 28.3 Å². The zero-order valence-electron chi connectivity index (χ0n) is 17.7. The molecular weight excluding hydrogens is 400 g/mol. The maximum Gasteiger partial charge on any atom is 0.256 e. The number of ether oxygens (including phenoxy) is 2. The van der Waals surface area contributed by atoms with Crippen molar-refractivity contribution >= 4 is 29.3 Å². The Balaban J connectivity index is 1.91. The van der Waals surface area contributed by atoms with Gasteiger partial charge < -0.3 is 19.7 Å². The highest BCUT2D eigenvalue weighted by Crippen LogP contribution is 2.34. The lowest BCUT2D eigenvalue weighted by Crippen LogP contribution is -2.36. The average Bonchev–Trinajstić information content (AvgIpc) is 2.79. The summed E-state index contributed by atoms with van der Waals surface area (Å²) >= 11 is 1.73. The molecule has 1 saturated heterocycles. The predicted molar refractivity (Wildman–Crippen MR) is 121 cm³/mol. The number of likely N-dealkylation sites (tertiary alicyclic amines) is 1. The van der Waals surface area contributed by atoms with Gasteiger partial charge in [-0.05, 0) is 49.3 Å². The number of hydrogen-bond acceptors (Lipinski definition) is 5. The average molecular weight is 429 g/mol. The van der Waals surface area contributed by atoms with Crippen LogP contribution in [0.4, 0.5) is 5.69 Å². The SMILES string of the molecule is COc1cc(NC(=O)c2ccc(CSC)cc2)c(C(=O)N2CCCCC2)cc1OC. The first-order valence-corrected chi connectivity index (χ1v) is 11.4. The van der Waals surface area contributed by atoms with Crippen LogP contribution in [0.1, 0.15) is 45.5 Å². The van der Waals surface area contributed by atoms with Crippen molar-refractivity contribution < 1.29 is 19.1 Å². The molecule has 1 aliphatic heterocycles. The molecule has 1 fully saturated rings. The molecule has 0 atom stereocenters. The Bertz CT molecular complexity index is 893. The van der Waals surface area contributed by atoms with E-state index in [1.807, 2.05) is 23.3 Å². The van der Waals surface area contributed by atoms with E-state index in [1.54, 1.807) is 36.0 Å². The number of carbonyl (C=O) groups excluding carboxylic acids is 2. The quantitative estimate of drug-likeness (QED) is 0.706. The van der Waals surface area contributed by atoms with Crippen molar-refractivity contribution in [1.82, 2.24) is 4.90 Å². The summed E-state index contributed by atoms with van der Waals surface area (Å²) in [5.74, 6) is 1.42. The van der Waals surface area contributed by atoms with Gasteiger partial charge in [0.15, 0.2) is 11.5 Å². The van der Waals surface area contributed by atoms with Crippen molar-refractivity contribution in [2.75, 3.05) is 38.9 Å². The molecule has 1 heterocycles. The first-order valence-electron chi connectivity index (χ1n) is 10.0. The van der Waals surface area contributed by atoms with Crippen LogP contribution >= 0.6 is 11.8 Å². The molecule has 6 nitrogen and oxygen atoms in total. The summed E-state index contributed by atoms with van der Waals surface area (Å²) < 4.78 is 10.8. The number of hydrogen-bond donors (Lipinski definition) is 1. The molecule has 1 aliphatic rings. The molecular formula is C23H28N2O4S. The topological polar surface area (TPSA) is 67.9 Å². The normalized spacial score (nSPS) is 13.6. The van der Waals surface area contributed by atoms with Gasteiger partial charge >= 0.3 is 0 Å². The highest BCUT2D eigenvalue weighted by atomic mass is 32.2. The summed E-state index contributed by atoms with van der Waals surface area (Å²) in [6.07, 6.45) is 5.15. The number of piperidine rings is 1. The molecule has 0 unspecified atom stereocenters. The highest BCUT2D eigenvalue weighted by molar-refractivity contribution is 7.97. The third kappa shape index (κ3) is 5.08. The third-order valence-electron chi connectivity index (χ3n) is 5.17. The molecule has 2 aromatic carbocycles. The van der Waals surface area contributed by atoms with Crippen LogP contribution in [0, 0.1) is 0 Å². The van der Waals surface area contributed by atoms with Gasteiger partial charge in [-0.3, -0.25) is 9.59 Å². The molecule has 0 spiro atoms. The summed E-state index contributed by atoms with van der Waals surface area (Å²) in [5.41, 5.74) is 2.51. The Morgan fingerprint density at radius 1 is 1.00 bits per heavy atom. The fourth-order valence-corrected chi connectivity index (χ4v) is 4.07. The van der Waals surface area contributed by atoms with E-state index in [0.717, 1.165) is 43.7 Å². The molecule has 0 aromatic heterocycles. The smallest absolute Gasteiger partial charge is 0.256 e. The van der Waals surface area contributed by atoms with Crippen LogP contribution in [-0.4, -0.2) is 50.3 Å². The van der Waals surface area contributed by atoms with E-state index in [9.17, 15) is 9.59 Å². The van der Waals surface area contributed by atoms with Gasteiger partial charge in [0.05, 0.1) is 25.5 Å². The second kappa shape index (κ2) is 10.4. The number of nitrogens with one attached hydrogen (secondary N) is 1. The fraction of sp³-hybridized carbons (Fsp3) is 0.391. The van der Waals surface area contributed by atoms with Gasteiger partial charge in [0.2, 0.25) is 0 Å². The molecule has 30 heavy (non-hydrogen) atoms. The zero-order valence-corrected chi connectivity index (χ0v) is 18.5. The van der Waals surface area contributed by atoms with E-state index in [2.05, 4.69) is 5.32 Å². The second-order valence-electron chi connectivity index (χ2n) is 7.19. The molecule has 7 heteroatoms. The van der Waals surface area contributed by atoms with Gasteiger partial charge in [-0.15, -0.1) is 0 Å². The maximum atomic E-state index is 13.2. The minimum atomic E-state index is -0.273. The summed E-state index contributed by atoms with van der Waals surface area (Å²) in [6.45, 7) is 1.44.